The van der Waals surface area contributed by atoms with E-state index >= 15 is 0 Å². The van der Waals surface area contributed by atoms with Crippen LogP contribution in [-0.2, 0) is 16.6 Å². The van der Waals surface area contributed by atoms with E-state index < -0.39 is 15.9 Å². The first kappa shape index (κ1) is 27.9. The van der Waals surface area contributed by atoms with Crippen LogP contribution >= 0.6 is 11.6 Å². The summed E-state index contributed by atoms with van der Waals surface area (Å²) in [5.74, 6) is -0.702. The van der Waals surface area contributed by atoms with Gasteiger partial charge >= 0.3 is 0 Å². The van der Waals surface area contributed by atoms with Crippen molar-refractivity contribution in [3.63, 3.8) is 0 Å². The van der Waals surface area contributed by atoms with Crippen LogP contribution in [0.5, 0.6) is 0 Å². The molecule has 0 bridgehead atoms. The maximum Gasteiger partial charge on any atom is 0.255 e. The zero-order valence-corrected chi connectivity index (χ0v) is 23.0. The summed E-state index contributed by atoms with van der Waals surface area (Å²) < 4.78 is 26.1. The molecule has 4 rings (SSSR count). The number of sulfonamides is 1. The highest BCUT2D eigenvalue weighted by molar-refractivity contribution is 7.92. The number of halogens is 1. The van der Waals surface area contributed by atoms with Crippen LogP contribution in [0, 0.1) is 0 Å². The smallest absolute Gasteiger partial charge is 0.255 e. The fourth-order valence-corrected chi connectivity index (χ4v) is 5.11. The van der Waals surface area contributed by atoms with E-state index in [0.29, 0.717) is 33.1 Å². The number of hydrogen-bond donors (Lipinski definition) is 2. The number of benzene rings is 4. The highest BCUT2D eigenvalue weighted by Crippen LogP contribution is 2.24. The molecule has 4 aromatic rings. The summed E-state index contributed by atoms with van der Waals surface area (Å²) in [5, 5.41) is 6.21. The zero-order valence-electron chi connectivity index (χ0n) is 21.5. The number of anilines is 2. The molecule has 1 atom stereocenters. The Kier molecular flexibility index (Phi) is 8.69. The summed E-state index contributed by atoms with van der Waals surface area (Å²) in [7, 11) is -3.58. The van der Waals surface area contributed by atoms with E-state index in [0.717, 1.165) is 11.8 Å². The number of carbonyl (C=O) groups is 2. The molecule has 200 valence electrons. The minimum atomic E-state index is -3.58. The van der Waals surface area contributed by atoms with E-state index in [4.69, 9.17) is 11.6 Å². The van der Waals surface area contributed by atoms with E-state index in [2.05, 4.69) is 10.6 Å². The minimum Gasteiger partial charge on any atom is -0.345 e. The molecular weight excluding hydrogens is 534 g/mol. The average molecular weight is 562 g/mol. The molecule has 0 saturated carbocycles. The van der Waals surface area contributed by atoms with Gasteiger partial charge in [0, 0.05) is 10.6 Å². The first-order chi connectivity index (χ1) is 18.6. The van der Waals surface area contributed by atoms with Gasteiger partial charge in [0.05, 0.1) is 35.8 Å². The lowest BCUT2D eigenvalue weighted by Gasteiger charge is -2.23. The van der Waals surface area contributed by atoms with Crippen molar-refractivity contribution in [1.29, 1.82) is 0 Å². The molecule has 2 amide bonds. The molecule has 0 unspecified atom stereocenters. The van der Waals surface area contributed by atoms with Gasteiger partial charge in [-0.2, -0.15) is 0 Å². The highest BCUT2D eigenvalue weighted by atomic mass is 35.5. The highest BCUT2D eigenvalue weighted by Gasteiger charge is 2.19. The van der Waals surface area contributed by atoms with Crippen LogP contribution in [0.15, 0.2) is 103 Å². The van der Waals surface area contributed by atoms with E-state index in [1.807, 2.05) is 37.3 Å². The average Bonchev–Trinajstić information content (AvgIpc) is 2.92. The second kappa shape index (κ2) is 12.1. The lowest BCUT2D eigenvalue weighted by Crippen LogP contribution is -2.29. The van der Waals surface area contributed by atoms with Crippen LogP contribution in [0.1, 0.15) is 44.8 Å². The molecule has 0 radical (unpaired) electrons. The molecule has 2 N–H and O–H groups in total. The molecule has 0 aliphatic rings. The number of rotatable bonds is 9. The van der Waals surface area contributed by atoms with E-state index in [1.54, 1.807) is 72.8 Å². The zero-order chi connectivity index (χ0) is 28.0. The fraction of sp³-hybridized carbons (Fsp3) is 0.133. The predicted octanol–water partition coefficient (Wildman–Crippen LogP) is 6.05. The molecule has 0 spiro atoms. The van der Waals surface area contributed by atoms with Gasteiger partial charge in [-0.05, 0) is 60.5 Å². The van der Waals surface area contributed by atoms with Crippen LogP contribution in [0.25, 0.3) is 0 Å². The topological polar surface area (TPSA) is 95.6 Å². The molecule has 39 heavy (non-hydrogen) atoms. The van der Waals surface area contributed by atoms with Crippen molar-refractivity contribution in [3.05, 3.63) is 130 Å². The van der Waals surface area contributed by atoms with Crippen molar-refractivity contribution < 1.29 is 18.0 Å². The summed E-state index contributed by atoms with van der Waals surface area (Å²) >= 11 is 6.06. The first-order valence-electron chi connectivity index (χ1n) is 12.2. The van der Waals surface area contributed by atoms with E-state index in [1.165, 1.54) is 4.31 Å². The van der Waals surface area contributed by atoms with Crippen molar-refractivity contribution in [2.45, 2.75) is 19.5 Å². The molecule has 0 aliphatic heterocycles. The van der Waals surface area contributed by atoms with Crippen molar-refractivity contribution in [2.75, 3.05) is 15.9 Å². The van der Waals surface area contributed by atoms with Gasteiger partial charge in [0.2, 0.25) is 10.0 Å². The number of para-hydroxylation sites is 1. The Morgan fingerprint density at radius 1 is 0.846 bits per heavy atom. The monoisotopic (exact) mass is 561 g/mol. The Morgan fingerprint density at radius 3 is 2.18 bits per heavy atom. The number of carbonyl (C=O) groups excluding carboxylic acids is 2. The largest absolute Gasteiger partial charge is 0.345 e. The number of nitrogens with one attached hydrogen (secondary N) is 2. The van der Waals surface area contributed by atoms with Gasteiger partial charge in [-0.3, -0.25) is 13.9 Å². The molecular formula is C30H28ClN3O4S. The number of nitrogens with zero attached hydrogens (tertiary/aromatic N) is 1. The molecule has 4 aromatic carbocycles. The van der Waals surface area contributed by atoms with Crippen molar-refractivity contribution in [2.24, 2.45) is 0 Å². The quantitative estimate of drug-likeness (QED) is 0.260. The molecule has 0 fully saturated rings. The number of hydrogen-bond acceptors (Lipinski definition) is 4. The van der Waals surface area contributed by atoms with Crippen LogP contribution in [-0.4, -0.2) is 26.5 Å². The van der Waals surface area contributed by atoms with Crippen LogP contribution in [0.3, 0.4) is 0 Å². The van der Waals surface area contributed by atoms with Gasteiger partial charge in [0.1, 0.15) is 0 Å². The van der Waals surface area contributed by atoms with E-state index in [-0.39, 0.29) is 18.5 Å². The Balaban J connectivity index is 1.47. The second-order valence-corrected chi connectivity index (χ2v) is 11.4. The van der Waals surface area contributed by atoms with Crippen molar-refractivity contribution in [1.82, 2.24) is 5.32 Å². The van der Waals surface area contributed by atoms with Gasteiger partial charge in [0.15, 0.2) is 0 Å². The van der Waals surface area contributed by atoms with E-state index in [9.17, 15) is 18.0 Å². The Hall–Kier alpha value is -4.14. The van der Waals surface area contributed by atoms with Crippen LogP contribution in [0.4, 0.5) is 11.4 Å². The standard InChI is InChI=1S/C30H28ClN3O4S/c1-21(23-9-4-3-5-10-23)32-30(36)27-13-6-7-14-28(27)33-29(35)24-17-15-22(16-18-24)20-34(39(2,37)38)26-12-8-11-25(31)19-26/h3-19,21H,20H2,1-2H3,(H,32,36)(H,33,35)/t21-/m1/s1. The third kappa shape index (κ3) is 7.25. The van der Waals surface area contributed by atoms with Gasteiger partial charge in [-0.15, -0.1) is 0 Å². The Morgan fingerprint density at radius 2 is 1.51 bits per heavy atom. The maximum absolute atomic E-state index is 13.0. The summed E-state index contributed by atoms with van der Waals surface area (Å²) in [6.07, 6.45) is 1.13. The third-order valence-electron chi connectivity index (χ3n) is 6.11. The van der Waals surface area contributed by atoms with Gasteiger partial charge in [0.25, 0.3) is 11.8 Å². The summed E-state index contributed by atoms with van der Waals surface area (Å²) in [6, 6.07) is 29.4. The maximum atomic E-state index is 13.0. The van der Waals surface area contributed by atoms with Crippen molar-refractivity contribution in [3.8, 4) is 0 Å². The SMILES string of the molecule is C[C@@H](NC(=O)c1ccccc1NC(=O)c1ccc(CN(c2cccc(Cl)c2)S(C)(=O)=O)cc1)c1ccccc1. The van der Waals surface area contributed by atoms with Gasteiger partial charge in [-0.1, -0.05) is 72.3 Å². The number of amides is 2. The van der Waals surface area contributed by atoms with Gasteiger partial charge < -0.3 is 10.6 Å². The normalized spacial score (nSPS) is 11.9. The van der Waals surface area contributed by atoms with Gasteiger partial charge in [-0.25, -0.2) is 8.42 Å². The third-order valence-corrected chi connectivity index (χ3v) is 7.48. The Labute approximate surface area is 233 Å². The minimum absolute atomic E-state index is 0.0731. The molecule has 0 saturated heterocycles. The predicted molar refractivity (Wildman–Crippen MR) is 156 cm³/mol. The lowest BCUT2D eigenvalue weighted by atomic mass is 10.1. The Bertz CT molecular complexity index is 1580. The molecule has 0 aromatic heterocycles. The molecule has 9 heteroatoms. The fourth-order valence-electron chi connectivity index (χ4n) is 4.04. The second-order valence-electron chi connectivity index (χ2n) is 9.05. The lowest BCUT2D eigenvalue weighted by molar-refractivity contribution is 0.0940. The van der Waals surface area contributed by atoms with Crippen LogP contribution < -0.4 is 14.9 Å². The molecule has 7 nitrogen and oxygen atoms in total. The van der Waals surface area contributed by atoms with Crippen LogP contribution in [0.2, 0.25) is 5.02 Å². The molecule has 0 heterocycles. The summed E-state index contributed by atoms with van der Waals surface area (Å²) in [4.78, 5) is 26.0. The van der Waals surface area contributed by atoms with Crippen molar-refractivity contribution >= 4 is 44.8 Å². The first-order valence-corrected chi connectivity index (χ1v) is 14.4. The molecule has 0 aliphatic carbocycles. The summed E-state index contributed by atoms with van der Waals surface area (Å²) in [5.41, 5.74) is 3.19. The summed E-state index contributed by atoms with van der Waals surface area (Å²) in [6.45, 7) is 1.97.